The number of benzene rings is 1. The maximum Gasteiger partial charge on any atom is 0.125 e. The summed E-state index contributed by atoms with van der Waals surface area (Å²) in [5.74, 6) is 2.21. The van der Waals surface area contributed by atoms with Crippen LogP contribution in [0.25, 0.3) is 0 Å². The SMILES string of the molecule is COc1cc(Cl)ccc1C(N)c1ccc(C)o1. The van der Waals surface area contributed by atoms with Crippen molar-refractivity contribution in [1.82, 2.24) is 0 Å². The smallest absolute Gasteiger partial charge is 0.125 e. The molecule has 0 aliphatic carbocycles. The van der Waals surface area contributed by atoms with E-state index in [0.29, 0.717) is 16.5 Å². The lowest BCUT2D eigenvalue weighted by atomic mass is 10.0. The first-order valence-electron chi connectivity index (χ1n) is 5.27. The molecule has 2 aromatic rings. The third kappa shape index (κ3) is 2.46. The summed E-state index contributed by atoms with van der Waals surface area (Å²) in [4.78, 5) is 0. The van der Waals surface area contributed by atoms with E-state index < -0.39 is 0 Å². The minimum absolute atomic E-state index is 0.351. The van der Waals surface area contributed by atoms with Crippen molar-refractivity contribution in [2.45, 2.75) is 13.0 Å². The maximum atomic E-state index is 6.14. The maximum absolute atomic E-state index is 6.14. The van der Waals surface area contributed by atoms with Crippen molar-refractivity contribution >= 4 is 11.6 Å². The van der Waals surface area contributed by atoms with E-state index in [9.17, 15) is 0 Å². The summed E-state index contributed by atoms with van der Waals surface area (Å²) < 4.78 is 10.8. The van der Waals surface area contributed by atoms with Crippen molar-refractivity contribution in [3.8, 4) is 5.75 Å². The van der Waals surface area contributed by atoms with Gasteiger partial charge in [0, 0.05) is 10.6 Å². The first kappa shape index (κ1) is 12.0. The minimum Gasteiger partial charge on any atom is -0.496 e. The van der Waals surface area contributed by atoms with Crippen LogP contribution >= 0.6 is 11.6 Å². The first-order valence-corrected chi connectivity index (χ1v) is 5.65. The molecule has 1 unspecified atom stereocenters. The van der Waals surface area contributed by atoms with Crippen LogP contribution in [0.3, 0.4) is 0 Å². The second kappa shape index (κ2) is 4.82. The lowest BCUT2D eigenvalue weighted by Gasteiger charge is -2.14. The van der Waals surface area contributed by atoms with Crippen molar-refractivity contribution in [2.75, 3.05) is 7.11 Å². The Morgan fingerprint density at radius 2 is 2.06 bits per heavy atom. The third-order valence-electron chi connectivity index (χ3n) is 2.60. The van der Waals surface area contributed by atoms with Gasteiger partial charge in [-0.25, -0.2) is 0 Å². The molecule has 2 N–H and O–H groups in total. The topological polar surface area (TPSA) is 48.4 Å². The predicted molar refractivity (Wildman–Crippen MR) is 67.5 cm³/mol. The van der Waals surface area contributed by atoms with Crippen LogP contribution in [0.1, 0.15) is 23.1 Å². The highest BCUT2D eigenvalue weighted by molar-refractivity contribution is 6.30. The molecule has 0 saturated carbocycles. The second-order valence-corrected chi connectivity index (χ2v) is 4.25. The molecule has 90 valence electrons. The molecule has 1 heterocycles. The van der Waals surface area contributed by atoms with Gasteiger partial charge >= 0.3 is 0 Å². The van der Waals surface area contributed by atoms with Crippen LogP contribution in [0.2, 0.25) is 5.02 Å². The number of hydrogen-bond acceptors (Lipinski definition) is 3. The van der Waals surface area contributed by atoms with Gasteiger partial charge in [0.2, 0.25) is 0 Å². The molecular formula is C13H14ClNO2. The molecule has 0 spiro atoms. The summed E-state index contributed by atoms with van der Waals surface area (Å²) in [5, 5.41) is 0.619. The number of aryl methyl sites for hydroxylation is 1. The second-order valence-electron chi connectivity index (χ2n) is 3.81. The Balaban J connectivity index is 2.39. The van der Waals surface area contributed by atoms with E-state index >= 15 is 0 Å². The van der Waals surface area contributed by atoms with E-state index in [-0.39, 0.29) is 6.04 Å². The molecule has 1 aromatic carbocycles. The Morgan fingerprint density at radius 1 is 1.29 bits per heavy atom. The summed E-state index contributed by atoms with van der Waals surface area (Å²) >= 11 is 5.91. The van der Waals surface area contributed by atoms with Gasteiger partial charge in [-0.15, -0.1) is 0 Å². The monoisotopic (exact) mass is 251 g/mol. The van der Waals surface area contributed by atoms with Crippen LogP contribution in [0.5, 0.6) is 5.75 Å². The Labute approximate surface area is 105 Å². The Kier molecular flexibility index (Phi) is 3.41. The van der Waals surface area contributed by atoms with Gasteiger partial charge in [-0.2, -0.15) is 0 Å². The van der Waals surface area contributed by atoms with Gasteiger partial charge in [0.05, 0.1) is 13.2 Å². The fourth-order valence-corrected chi connectivity index (χ4v) is 1.88. The van der Waals surface area contributed by atoms with E-state index in [1.165, 1.54) is 0 Å². The molecule has 2 rings (SSSR count). The summed E-state index contributed by atoms with van der Waals surface area (Å²) in [7, 11) is 1.59. The molecule has 3 nitrogen and oxygen atoms in total. The van der Waals surface area contributed by atoms with Crippen molar-refractivity contribution in [1.29, 1.82) is 0 Å². The molecule has 17 heavy (non-hydrogen) atoms. The van der Waals surface area contributed by atoms with Crippen LogP contribution < -0.4 is 10.5 Å². The van der Waals surface area contributed by atoms with Crippen LogP contribution in [-0.2, 0) is 0 Å². The summed E-state index contributed by atoms with van der Waals surface area (Å²) in [5.41, 5.74) is 6.99. The average molecular weight is 252 g/mol. The number of furan rings is 1. The molecule has 1 aromatic heterocycles. The van der Waals surface area contributed by atoms with Gasteiger partial charge in [0.25, 0.3) is 0 Å². The average Bonchev–Trinajstić information content (AvgIpc) is 2.75. The summed E-state index contributed by atoms with van der Waals surface area (Å²) in [6, 6.07) is 8.78. The lowest BCUT2D eigenvalue weighted by Crippen LogP contribution is -2.12. The Bertz CT molecular complexity index is 522. The van der Waals surface area contributed by atoms with Gasteiger partial charge in [0.15, 0.2) is 0 Å². The highest BCUT2D eigenvalue weighted by Gasteiger charge is 2.17. The molecule has 4 heteroatoms. The Morgan fingerprint density at radius 3 is 2.65 bits per heavy atom. The molecular weight excluding hydrogens is 238 g/mol. The minimum atomic E-state index is -0.351. The summed E-state index contributed by atoms with van der Waals surface area (Å²) in [6.45, 7) is 1.88. The van der Waals surface area contributed by atoms with Gasteiger partial charge in [-0.1, -0.05) is 17.7 Å². The van der Waals surface area contributed by atoms with Crippen molar-refractivity contribution in [2.24, 2.45) is 5.73 Å². The number of rotatable bonds is 3. The van der Waals surface area contributed by atoms with Crippen LogP contribution in [0.4, 0.5) is 0 Å². The van der Waals surface area contributed by atoms with Crippen molar-refractivity contribution in [3.63, 3.8) is 0 Å². The van der Waals surface area contributed by atoms with Crippen LogP contribution in [0.15, 0.2) is 34.7 Å². The number of ether oxygens (including phenoxy) is 1. The number of halogens is 1. The Hall–Kier alpha value is -1.45. The quantitative estimate of drug-likeness (QED) is 0.911. The van der Waals surface area contributed by atoms with E-state index in [2.05, 4.69) is 0 Å². The number of nitrogens with two attached hydrogens (primary N) is 1. The first-order chi connectivity index (χ1) is 8.11. The molecule has 0 aliphatic rings. The lowest BCUT2D eigenvalue weighted by molar-refractivity contribution is 0.401. The molecule has 0 fully saturated rings. The standard InChI is InChI=1S/C13H14ClNO2/c1-8-3-6-11(17-8)13(15)10-5-4-9(14)7-12(10)16-2/h3-7,13H,15H2,1-2H3. The number of methoxy groups -OCH3 is 1. The fraction of sp³-hybridized carbons (Fsp3) is 0.231. The predicted octanol–water partition coefficient (Wildman–Crippen LogP) is 3.30. The van der Waals surface area contributed by atoms with E-state index in [4.69, 9.17) is 26.5 Å². The normalized spacial score (nSPS) is 12.5. The van der Waals surface area contributed by atoms with Crippen LogP contribution in [-0.4, -0.2) is 7.11 Å². The van der Waals surface area contributed by atoms with Gasteiger partial charge in [-0.05, 0) is 31.2 Å². The molecule has 0 bridgehead atoms. The van der Waals surface area contributed by atoms with Crippen molar-refractivity contribution in [3.05, 3.63) is 52.4 Å². The fourth-order valence-electron chi connectivity index (χ4n) is 1.72. The van der Waals surface area contributed by atoms with E-state index in [1.54, 1.807) is 19.2 Å². The highest BCUT2D eigenvalue weighted by Crippen LogP contribution is 2.31. The van der Waals surface area contributed by atoms with E-state index in [1.807, 2.05) is 25.1 Å². The largest absolute Gasteiger partial charge is 0.496 e. The zero-order chi connectivity index (χ0) is 12.4. The summed E-state index contributed by atoms with van der Waals surface area (Å²) in [6.07, 6.45) is 0. The van der Waals surface area contributed by atoms with Gasteiger partial charge in [-0.3, -0.25) is 0 Å². The van der Waals surface area contributed by atoms with Crippen LogP contribution in [0, 0.1) is 6.92 Å². The van der Waals surface area contributed by atoms with E-state index in [0.717, 1.165) is 11.3 Å². The number of hydrogen-bond donors (Lipinski definition) is 1. The van der Waals surface area contributed by atoms with Gasteiger partial charge in [0.1, 0.15) is 17.3 Å². The molecule has 1 atom stereocenters. The van der Waals surface area contributed by atoms with Crippen molar-refractivity contribution < 1.29 is 9.15 Å². The molecule has 0 saturated heterocycles. The third-order valence-corrected chi connectivity index (χ3v) is 2.83. The van der Waals surface area contributed by atoms with Gasteiger partial charge < -0.3 is 14.9 Å². The molecule has 0 radical (unpaired) electrons. The molecule has 0 amide bonds. The zero-order valence-electron chi connectivity index (χ0n) is 9.74. The highest BCUT2D eigenvalue weighted by atomic mass is 35.5. The zero-order valence-corrected chi connectivity index (χ0v) is 10.5. The molecule has 0 aliphatic heterocycles.